The van der Waals surface area contributed by atoms with Crippen LogP contribution in [-0.4, -0.2) is 44.5 Å². The first-order chi connectivity index (χ1) is 6.94. The van der Waals surface area contributed by atoms with Gasteiger partial charge in [0.2, 0.25) is 0 Å². The quantitative estimate of drug-likeness (QED) is 0.624. The molecule has 5 heteroatoms. The van der Waals surface area contributed by atoms with E-state index < -0.39 is 11.5 Å². The summed E-state index contributed by atoms with van der Waals surface area (Å²) >= 11 is 0. The second kappa shape index (κ2) is 6.76. The fourth-order valence-electron chi connectivity index (χ4n) is 0.953. The second-order valence-electron chi connectivity index (χ2n) is 3.71. The molecule has 0 radical (unpaired) electrons. The van der Waals surface area contributed by atoms with Crippen LogP contribution in [-0.2, 0) is 19.0 Å². The Morgan fingerprint density at radius 2 is 2.13 bits per heavy atom. The number of carbonyl (C=O) groups is 1. The summed E-state index contributed by atoms with van der Waals surface area (Å²) in [6.07, 6.45) is -0.0905. The molecule has 0 saturated carbocycles. The third kappa shape index (κ3) is 5.71. The standard InChI is InChI=1S/C10H21NO4/c1-5-14-9(12)10(3,11)7-15-8(2)6-13-4/h8H,5-7,11H2,1-4H3. The topological polar surface area (TPSA) is 70.8 Å². The average molecular weight is 219 g/mol. The van der Waals surface area contributed by atoms with Gasteiger partial charge in [0.1, 0.15) is 5.54 Å². The molecule has 0 aliphatic carbocycles. The summed E-state index contributed by atoms with van der Waals surface area (Å²) < 4.78 is 15.1. The Kier molecular flexibility index (Phi) is 6.47. The van der Waals surface area contributed by atoms with Gasteiger partial charge in [-0.2, -0.15) is 0 Å². The highest BCUT2D eigenvalue weighted by atomic mass is 16.5. The lowest BCUT2D eigenvalue weighted by Crippen LogP contribution is -2.50. The van der Waals surface area contributed by atoms with Crippen molar-refractivity contribution in [2.45, 2.75) is 32.4 Å². The summed E-state index contributed by atoms with van der Waals surface area (Å²) in [6.45, 7) is 6.09. The number of rotatable bonds is 7. The maximum atomic E-state index is 11.4. The van der Waals surface area contributed by atoms with Crippen LogP contribution in [0.5, 0.6) is 0 Å². The van der Waals surface area contributed by atoms with E-state index in [1.807, 2.05) is 6.92 Å². The lowest BCUT2D eigenvalue weighted by Gasteiger charge is -2.24. The molecule has 0 aliphatic rings. The van der Waals surface area contributed by atoms with E-state index in [0.29, 0.717) is 13.2 Å². The van der Waals surface area contributed by atoms with Gasteiger partial charge in [-0.25, -0.2) is 4.79 Å². The van der Waals surface area contributed by atoms with Gasteiger partial charge in [-0.3, -0.25) is 0 Å². The van der Waals surface area contributed by atoms with Gasteiger partial charge in [0.15, 0.2) is 0 Å². The Morgan fingerprint density at radius 3 is 2.60 bits per heavy atom. The third-order valence-corrected chi connectivity index (χ3v) is 1.81. The molecular formula is C10H21NO4. The Hall–Kier alpha value is -0.650. The van der Waals surface area contributed by atoms with Crippen molar-refractivity contribution in [3.05, 3.63) is 0 Å². The van der Waals surface area contributed by atoms with E-state index in [-0.39, 0.29) is 12.7 Å². The molecule has 0 rings (SSSR count). The van der Waals surface area contributed by atoms with Gasteiger partial charge in [-0.15, -0.1) is 0 Å². The molecule has 0 fully saturated rings. The molecule has 0 bridgehead atoms. The maximum absolute atomic E-state index is 11.4. The third-order valence-electron chi connectivity index (χ3n) is 1.81. The first kappa shape index (κ1) is 14.3. The number of ether oxygens (including phenoxy) is 3. The molecule has 90 valence electrons. The highest BCUT2D eigenvalue weighted by Crippen LogP contribution is 2.05. The molecule has 2 N–H and O–H groups in total. The minimum atomic E-state index is -1.10. The maximum Gasteiger partial charge on any atom is 0.328 e. The van der Waals surface area contributed by atoms with Crippen molar-refractivity contribution in [2.75, 3.05) is 26.9 Å². The first-order valence-electron chi connectivity index (χ1n) is 5.00. The summed E-state index contributed by atoms with van der Waals surface area (Å²) in [5.41, 5.74) is 4.65. The highest BCUT2D eigenvalue weighted by Gasteiger charge is 2.30. The summed E-state index contributed by atoms with van der Waals surface area (Å²) in [5.74, 6) is -0.449. The minimum Gasteiger partial charge on any atom is -0.465 e. The fraction of sp³-hybridized carbons (Fsp3) is 0.900. The van der Waals surface area contributed by atoms with Gasteiger partial charge in [0.25, 0.3) is 0 Å². The Balaban J connectivity index is 3.97. The zero-order chi connectivity index (χ0) is 11.9. The molecule has 2 unspecified atom stereocenters. The van der Waals surface area contributed by atoms with Gasteiger partial charge in [-0.1, -0.05) is 0 Å². The molecule has 2 atom stereocenters. The van der Waals surface area contributed by atoms with Crippen LogP contribution in [0.3, 0.4) is 0 Å². The van der Waals surface area contributed by atoms with Crippen molar-refractivity contribution in [3.63, 3.8) is 0 Å². The van der Waals surface area contributed by atoms with E-state index in [1.54, 1.807) is 21.0 Å². The van der Waals surface area contributed by atoms with Crippen molar-refractivity contribution in [2.24, 2.45) is 5.73 Å². The van der Waals surface area contributed by atoms with Crippen LogP contribution >= 0.6 is 0 Å². The van der Waals surface area contributed by atoms with Crippen LogP contribution in [0.2, 0.25) is 0 Å². The van der Waals surface area contributed by atoms with Crippen LogP contribution in [0.15, 0.2) is 0 Å². The molecular weight excluding hydrogens is 198 g/mol. The van der Waals surface area contributed by atoms with Crippen LogP contribution < -0.4 is 5.73 Å². The van der Waals surface area contributed by atoms with Crippen LogP contribution in [0.4, 0.5) is 0 Å². The number of methoxy groups -OCH3 is 1. The lowest BCUT2D eigenvalue weighted by molar-refractivity contribution is -0.152. The predicted molar refractivity (Wildman–Crippen MR) is 56.5 cm³/mol. The zero-order valence-corrected chi connectivity index (χ0v) is 9.91. The second-order valence-corrected chi connectivity index (χ2v) is 3.71. The minimum absolute atomic E-state index is 0.0905. The molecule has 0 saturated heterocycles. The molecule has 5 nitrogen and oxygen atoms in total. The van der Waals surface area contributed by atoms with E-state index in [2.05, 4.69) is 0 Å². The molecule has 0 amide bonds. The number of hydrogen-bond acceptors (Lipinski definition) is 5. The Morgan fingerprint density at radius 1 is 1.53 bits per heavy atom. The SMILES string of the molecule is CCOC(=O)C(C)(N)COC(C)COC. The molecule has 0 heterocycles. The number of carbonyl (C=O) groups excluding carboxylic acids is 1. The van der Waals surface area contributed by atoms with Crippen LogP contribution in [0.25, 0.3) is 0 Å². The van der Waals surface area contributed by atoms with Gasteiger partial charge < -0.3 is 19.9 Å². The molecule has 0 aliphatic heterocycles. The predicted octanol–water partition coefficient (Wildman–Crippen LogP) is 0.318. The molecule has 0 aromatic rings. The average Bonchev–Trinajstić information content (AvgIpc) is 2.16. The van der Waals surface area contributed by atoms with E-state index in [9.17, 15) is 4.79 Å². The fourth-order valence-corrected chi connectivity index (χ4v) is 0.953. The first-order valence-corrected chi connectivity index (χ1v) is 5.00. The summed E-state index contributed by atoms with van der Waals surface area (Å²) in [5, 5.41) is 0. The monoisotopic (exact) mass is 219 g/mol. The Bertz CT molecular complexity index is 194. The number of hydrogen-bond donors (Lipinski definition) is 1. The van der Waals surface area contributed by atoms with E-state index >= 15 is 0 Å². The van der Waals surface area contributed by atoms with E-state index in [1.165, 1.54) is 0 Å². The summed E-state index contributed by atoms with van der Waals surface area (Å²) in [7, 11) is 1.59. The van der Waals surface area contributed by atoms with Crippen molar-refractivity contribution in [1.29, 1.82) is 0 Å². The van der Waals surface area contributed by atoms with Crippen LogP contribution in [0.1, 0.15) is 20.8 Å². The lowest BCUT2D eigenvalue weighted by atomic mass is 10.1. The molecule has 0 aromatic heterocycles. The zero-order valence-electron chi connectivity index (χ0n) is 9.91. The number of esters is 1. The van der Waals surface area contributed by atoms with Crippen molar-refractivity contribution in [1.82, 2.24) is 0 Å². The van der Waals surface area contributed by atoms with Gasteiger partial charge in [-0.05, 0) is 20.8 Å². The normalized spacial score (nSPS) is 16.9. The largest absolute Gasteiger partial charge is 0.465 e. The van der Waals surface area contributed by atoms with Crippen molar-refractivity contribution in [3.8, 4) is 0 Å². The van der Waals surface area contributed by atoms with Crippen molar-refractivity contribution >= 4 is 5.97 Å². The summed E-state index contributed by atoms with van der Waals surface area (Å²) in [4.78, 5) is 11.4. The smallest absolute Gasteiger partial charge is 0.328 e. The van der Waals surface area contributed by atoms with Gasteiger partial charge in [0.05, 0.1) is 25.9 Å². The molecule has 0 aromatic carbocycles. The van der Waals surface area contributed by atoms with Crippen molar-refractivity contribution < 1.29 is 19.0 Å². The van der Waals surface area contributed by atoms with Crippen LogP contribution in [0, 0.1) is 0 Å². The number of nitrogens with two attached hydrogens (primary N) is 1. The van der Waals surface area contributed by atoms with Gasteiger partial charge in [0, 0.05) is 7.11 Å². The Labute approximate surface area is 90.9 Å². The van der Waals surface area contributed by atoms with E-state index in [4.69, 9.17) is 19.9 Å². The summed E-state index contributed by atoms with van der Waals surface area (Å²) in [6, 6.07) is 0. The highest BCUT2D eigenvalue weighted by molar-refractivity contribution is 5.80. The molecule has 15 heavy (non-hydrogen) atoms. The van der Waals surface area contributed by atoms with E-state index in [0.717, 1.165) is 0 Å². The van der Waals surface area contributed by atoms with Gasteiger partial charge >= 0.3 is 5.97 Å². The molecule has 0 spiro atoms.